The Bertz CT molecular complexity index is 983. The predicted molar refractivity (Wildman–Crippen MR) is 99.0 cm³/mol. The van der Waals surface area contributed by atoms with Crippen LogP contribution in [0.2, 0.25) is 0 Å². The van der Waals surface area contributed by atoms with E-state index in [-0.39, 0.29) is 11.5 Å². The summed E-state index contributed by atoms with van der Waals surface area (Å²) >= 11 is 0. The first-order valence-electron chi connectivity index (χ1n) is 8.38. The molecule has 0 aliphatic carbocycles. The third kappa shape index (κ3) is 3.88. The van der Waals surface area contributed by atoms with Gasteiger partial charge in [0.2, 0.25) is 0 Å². The fraction of sp³-hybridized carbons (Fsp3) is 0.263. The highest BCUT2D eigenvalue weighted by Crippen LogP contribution is 2.23. The molecule has 1 atom stereocenters. The summed E-state index contributed by atoms with van der Waals surface area (Å²) in [6, 6.07) is 8.61. The Morgan fingerprint density at radius 3 is 2.58 bits per heavy atom. The molecule has 2 aromatic heterocycles. The van der Waals surface area contributed by atoms with Crippen LogP contribution in [0.1, 0.15) is 32.1 Å². The third-order valence-corrected chi connectivity index (χ3v) is 4.07. The van der Waals surface area contributed by atoms with Gasteiger partial charge in [-0.3, -0.25) is 9.78 Å². The second kappa shape index (κ2) is 7.35. The first-order chi connectivity index (χ1) is 12.4. The van der Waals surface area contributed by atoms with Crippen LogP contribution in [0.5, 0.6) is 0 Å². The van der Waals surface area contributed by atoms with Crippen LogP contribution in [-0.4, -0.2) is 26.2 Å². The van der Waals surface area contributed by atoms with Crippen LogP contribution in [0, 0.1) is 5.92 Å². The van der Waals surface area contributed by atoms with Crippen LogP contribution in [0.4, 0.5) is 4.79 Å². The monoisotopic (exact) mass is 352 g/mol. The van der Waals surface area contributed by atoms with Gasteiger partial charge in [0, 0.05) is 12.4 Å². The van der Waals surface area contributed by atoms with Crippen molar-refractivity contribution in [3.8, 4) is 11.1 Å². The standard InChI is InChI=1S/C19H20N4O3/c1-11(2)9-16(22-19(25)26)17-21-15-4-3-13(10-14(15)18(24)23-17)12-5-7-20-8-6-12/h3-8,10-11,16,22H,9H2,1-2H3,(H,25,26)(H,21,23,24). The van der Waals surface area contributed by atoms with Crippen molar-refractivity contribution in [1.82, 2.24) is 20.3 Å². The normalized spacial score (nSPS) is 12.3. The minimum Gasteiger partial charge on any atom is -0.465 e. The van der Waals surface area contributed by atoms with E-state index < -0.39 is 12.1 Å². The molecule has 0 aliphatic heterocycles. The van der Waals surface area contributed by atoms with Crippen LogP contribution in [-0.2, 0) is 0 Å². The molecule has 0 radical (unpaired) electrons. The van der Waals surface area contributed by atoms with Gasteiger partial charge in [-0.1, -0.05) is 19.9 Å². The average molecular weight is 352 g/mol. The summed E-state index contributed by atoms with van der Waals surface area (Å²) in [6.45, 7) is 3.97. The first kappa shape index (κ1) is 17.6. The highest BCUT2D eigenvalue weighted by molar-refractivity contribution is 5.83. The molecule has 134 valence electrons. The van der Waals surface area contributed by atoms with E-state index in [4.69, 9.17) is 5.11 Å². The van der Waals surface area contributed by atoms with Crippen molar-refractivity contribution in [3.63, 3.8) is 0 Å². The van der Waals surface area contributed by atoms with Gasteiger partial charge < -0.3 is 15.4 Å². The number of nitrogens with zero attached hydrogens (tertiary/aromatic N) is 2. The Labute approximate surface area is 150 Å². The van der Waals surface area contributed by atoms with Crippen LogP contribution < -0.4 is 10.9 Å². The number of fused-ring (bicyclic) bond motifs is 1. The molecule has 1 aromatic carbocycles. The number of aromatic nitrogens is 3. The number of carboxylic acid groups (broad SMARTS) is 1. The molecule has 0 spiro atoms. The summed E-state index contributed by atoms with van der Waals surface area (Å²) < 4.78 is 0. The zero-order valence-corrected chi connectivity index (χ0v) is 14.6. The number of carbonyl (C=O) groups is 1. The number of pyridine rings is 1. The third-order valence-electron chi connectivity index (χ3n) is 4.07. The maximum absolute atomic E-state index is 12.6. The molecule has 26 heavy (non-hydrogen) atoms. The van der Waals surface area contributed by atoms with E-state index in [0.717, 1.165) is 11.1 Å². The number of benzene rings is 1. The van der Waals surface area contributed by atoms with Crippen molar-refractivity contribution >= 4 is 17.0 Å². The Hall–Kier alpha value is -3.22. The van der Waals surface area contributed by atoms with Crippen molar-refractivity contribution in [3.05, 3.63) is 58.9 Å². The Morgan fingerprint density at radius 2 is 1.92 bits per heavy atom. The van der Waals surface area contributed by atoms with Gasteiger partial charge in [0.05, 0.1) is 16.9 Å². The highest BCUT2D eigenvalue weighted by Gasteiger charge is 2.19. The lowest BCUT2D eigenvalue weighted by molar-refractivity contribution is 0.187. The highest BCUT2D eigenvalue weighted by atomic mass is 16.4. The minimum atomic E-state index is -1.15. The molecule has 0 bridgehead atoms. The summed E-state index contributed by atoms with van der Waals surface area (Å²) in [5.41, 5.74) is 2.09. The van der Waals surface area contributed by atoms with E-state index in [0.29, 0.717) is 23.1 Å². The number of nitrogens with one attached hydrogen (secondary N) is 2. The minimum absolute atomic E-state index is 0.238. The van der Waals surface area contributed by atoms with E-state index in [9.17, 15) is 9.59 Å². The van der Waals surface area contributed by atoms with Gasteiger partial charge in [0.25, 0.3) is 5.56 Å². The summed E-state index contributed by atoms with van der Waals surface area (Å²) in [5.74, 6) is 0.567. The number of H-pyrrole nitrogens is 1. The zero-order valence-electron chi connectivity index (χ0n) is 14.6. The molecule has 1 unspecified atom stereocenters. The SMILES string of the molecule is CC(C)CC(NC(=O)O)c1nc2ccc(-c3ccncc3)cc2c(=O)[nH]1. The Kier molecular flexibility index (Phi) is 4.97. The molecule has 1 amide bonds. The molecule has 0 saturated carbocycles. The Morgan fingerprint density at radius 1 is 1.19 bits per heavy atom. The molecule has 2 heterocycles. The topological polar surface area (TPSA) is 108 Å². The van der Waals surface area contributed by atoms with Gasteiger partial charge >= 0.3 is 6.09 Å². The number of amides is 1. The van der Waals surface area contributed by atoms with Crippen molar-refractivity contribution in [2.24, 2.45) is 5.92 Å². The fourth-order valence-corrected chi connectivity index (χ4v) is 2.91. The van der Waals surface area contributed by atoms with Gasteiger partial charge in [0.15, 0.2) is 0 Å². The van der Waals surface area contributed by atoms with Crippen molar-refractivity contribution in [1.29, 1.82) is 0 Å². The van der Waals surface area contributed by atoms with Crippen LogP contribution in [0.15, 0.2) is 47.5 Å². The van der Waals surface area contributed by atoms with E-state index in [2.05, 4.69) is 20.3 Å². The molecule has 7 nitrogen and oxygen atoms in total. The molecule has 0 fully saturated rings. The maximum atomic E-state index is 12.6. The molecule has 3 aromatic rings. The molecule has 0 saturated heterocycles. The molecule has 3 N–H and O–H groups in total. The van der Waals surface area contributed by atoms with Crippen molar-refractivity contribution in [2.75, 3.05) is 0 Å². The lowest BCUT2D eigenvalue weighted by atomic mass is 10.0. The zero-order chi connectivity index (χ0) is 18.7. The fourth-order valence-electron chi connectivity index (χ4n) is 2.91. The summed E-state index contributed by atoms with van der Waals surface area (Å²) in [4.78, 5) is 34.9. The van der Waals surface area contributed by atoms with Gasteiger partial charge in [0.1, 0.15) is 5.82 Å². The lowest BCUT2D eigenvalue weighted by Gasteiger charge is -2.18. The van der Waals surface area contributed by atoms with Gasteiger partial charge in [-0.05, 0) is 47.7 Å². The van der Waals surface area contributed by atoms with Gasteiger partial charge in [-0.25, -0.2) is 9.78 Å². The predicted octanol–water partition coefficient (Wildman–Crippen LogP) is 3.34. The molecule has 3 rings (SSSR count). The number of aromatic amines is 1. The Balaban J connectivity index is 2.05. The summed E-state index contributed by atoms with van der Waals surface area (Å²) in [7, 11) is 0. The summed E-state index contributed by atoms with van der Waals surface area (Å²) in [5, 5.41) is 12.0. The second-order valence-corrected chi connectivity index (χ2v) is 6.55. The number of hydrogen-bond donors (Lipinski definition) is 3. The van der Waals surface area contributed by atoms with Crippen LogP contribution >= 0.6 is 0 Å². The molecule has 7 heteroatoms. The smallest absolute Gasteiger partial charge is 0.405 e. The quantitative estimate of drug-likeness (QED) is 0.653. The van der Waals surface area contributed by atoms with E-state index in [1.54, 1.807) is 24.5 Å². The van der Waals surface area contributed by atoms with Crippen LogP contribution in [0.3, 0.4) is 0 Å². The van der Waals surface area contributed by atoms with Crippen LogP contribution in [0.25, 0.3) is 22.0 Å². The lowest BCUT2D eigenvalue weighted by Crippen LogP contribution is -2.30. The average Bonchev–Trinajstić information content (AvgIpc) is 2.61. The first-order valence-corrected chi connectivity index (χ1v) is 8.38. The summed E-state index contributed by atoms with van der Waals surface area (Å²) in [6.07, 6.45) is 2.78. The van der Waals surface area contributed by atoms with Gasteiger partial charge in [-0.15, -0.1) is 0 Å². The van der Waals surface area contributed by atoms with Crippen molar-refractivity contribution < 1.29 is 9.90 Å². The maximum Gasteiger partial charge on any atom is 0.405 e. The van der Waals surface area contributed by atoms with E-state index >= 15 is 0 Å². The molecule has 0 aliphatic rings. The van der Waals surface area contributed by atoms with E-state index in [1.807, 2.05) is 32.0 Å². The largest absolute Gasteiger partial charge is 0.465 e. The molecular weight excluding hydrogens is 332 g/mol. The van der Waals surface area contributed by atoms with Gasteiger partial charge in [-0.2, -0.15) is 0 Å². The second-order valence-electron chi connectivity index (χ2n) is 6.55. The molecular formula is C19H20N4O3. The van der Waals surface area contributed by atoms with Crippen molar-refractivity contribution in [2.45, 2.75) is 26.3 Å². The van der Waals surface area contributed by atoms with E-state index in [1.165, 1.54) is 0 Å². The number of hydrogen-bond acceptors (Lipinski definition) is 4. The number of rotatable bonds is 5.